The Balaban J connectivity index is 2.08. The Morgan fingerprint density at radius 3 is 2.64 bits per heavy atom. The number of nitrogens with zero attached hydrogens (tertiary/aromatic N) is 1. The average Bonchev–Trinajstić information content (AvgIpc) is 2.63. The van der Waals surface area contributed by atoms with E-state index in [0.717, 1.165) is 49.1 Å². The number of rotatable bonds is 10. The van der Waals surface area contributed by atoms with E-state index >= 15 is 0 Å². The van der Waals surface area contributed by atoms with Crippen LogP contribution in [0, 0.1) is 5.92 Å². The average molecular weight is 340 g/mol. The van der Waals surface area contributed by atoms with Gasteiger partial charge in [-0.25, -0.2) is 0 Å². The van der Waals surface area contributed by atoms with Crippen LogP contribution in [0.4, 0.5) is 0 Å². The first-order chi connectivity index (χ1) is 12.2. The highest BCUT2D eigenvalue weighted by Gasteiger charge is 2.16. The summed E-state index contributed by atoms with van der Waals surface area (Å²) < 4.78 is 0. The van der Waals surface area contributed by atoms with Gasteiger partial charge in [0.05, 0.1) is 0 Å². The van der Waals surface area contributed by atoms with E-state index in [9.17, 15) is 4.79 Å². The molecule has 136 valence electrons. The fraction of sp³-hybridized carbons (Fsp3) is 0.522. The Morgan fingerprint density at radius 2 is 2.00 bits per heavy atom. The zero-order valence-electron chi connectivity index (χ0n) is 15.8. The van der Waals surface area contributed by atoms with E-state index in [1.807, 2.05) is 18.2 Å². The monoisotopic (exact) mass is 339 g/mol. The quantitative estimate of drug-likeness (QED) is 0.410. The lowest BCUT2D eigenvalue weighted by Gasteiger charge is -2.26. The standard InChI is InChI=1S/C23H33NO/c1-4-6-12-23(5-2)24(3)17-22-16-20(13-14-21(22)18-25)15-19-10-8-7-9-11-19/h4-5,13-14,16,18-19,23H,1-2,6-12,15,17H2,3H3. The topological polar surface area (TPSA) is 20.3 Å². The summed E-state index contributed by atoms with van der Waals surface area (Å²) in [5.41, 5.74) is 3.32. The summed E-state index contributed by atoms with van der Waals surface area (Å²) in [6, 6.07) is 6.70. The van der Waals surface area contributed by atoms with Gasteiger partial charge in [-0.05, 0) is 43.4 Å². The maximum atomic E-state index is 11.5. The molecule has 0 heterocycles. The molecule has 1 aromatic carbocycles. The minimum atomic E-state index is 0.305. The molecule has 0 amide bonds. The van der Waals surface area contributed by atoms with Crippen LogP contribution in [0.5, 0.6) is 0 Å². The third kappa shape index (κ3) is 5.97. The van der Waals surface area contributed by atoms with Crippen molar-refractivity contribution in [3.8, 4) is 0 Å². The number of allylic oxidation sites excluding steroid dienone is 1. The fourth-order valence-electron chi connectivity index (χ4n) is 3.96. The van der Waals surface area contributed by atoms with Gasteiger partial charge in [-0.2, -0.15) is 0 Å². The minimum Gasteiger partial charge on any atom is -0.298 e. The van der Waals surface area contributed by atoms with Crippen molar-refractivity contribution in [3.05, 3.63) is 60.2 Å². The summed E-state index contributed by atoms with van der Waals surface area (Å²) in [6.45, 7) is 8.55. The molecule has 2 nitrogen and oxygen atoms in total. The van der Waals surface area contributed by atoms with E-state index in [0.29, 0.717) is 6.04 Å². The van der Waals surface area contributed by atoms with Crippen molar-refractivity contribution < 1.29 is 4.79 Å². The number of carbonyl (C=O) groups excluding carboxylic acids is 1. The van der Waals surface area contributed by atoms with Gasteiger partial charge in [-0.3, -0.25) is 9.69 Å². The number of benzene rings is 1. The second-order valence-corrected chi connectivity index (χ2v) is 7.44. The first-order valence-electron chi connectivity index (χ1n) is 9.68. The second-order valence-electron chi connectivity index (χ2n) is 7.44. The molecule has 25 heavy (non-hydrogen) atoms. The summed E-state index contributed by atoms with van der Waals surface area (Å²) >= 11 is 0. The van der Waals surface area contributed by atoms with Crippen molar-refractivity contribution in [2.75, 3.05) is 7.05 Å². The van der Waals surface area contributed by atoms with Crippen LogP contribution in [0.15, 0.2) is 43.5 Å². The van der Waals surface area contributed by atoms with Gasteiger partial charge in [0.2, 0.25) is 0 Å². The van der Waals surface area contributed by atoms with Crippen molar-refractivity contribution >= 4 is 6.29 Å². The smallest absolute Gasteiger partial charge is 0.150 e. The molecular formula is C23H33NO. The number of hydrogen-bond donors (Lipinski definition) is 0. The number of carbonyl (C=O) groups is 1. The Bertz CT molecular complexity index is 571. The molecule has 0 spiro atoms. The predicted octanol–water partition coefficient (Wildman–Crippen LogP) is 5.57. The Kier molecular flexibility index (Phi) is 8.14. The zero-order valence-corrected chi connectivity index (χ0v) is 15.8. The van der Waals surface area contributed by atoms with Crippen molar-refractivity contribution in [2.24, 2.45) is 5.92 Å². The number of likely N-dealkylation sites (N-methyl/N-ethyl adjacent to an activating group) is 1. The molecule has 2 heteroatoms. The fourth-order valence-corrected chi connectivity index (χ4v) is 3.96. The van der Waals surface area contributed by atoms with Gasteiger partial charge in [0.1, 0.15) is 6.29 Å². The van der Waals surface area contributed by atoms with Crippen molar-refractivity contribution in [2.45, 2.75) is 64.0 Å². The van der Waals surface area contributed by atoms with E-state index in [1.165, 1.54) is 37.7 Å². The molecular weight excluding hydrogens is 306 g/mol. The van der Waals surface area contributed by atoms with Gasteiger partial charge in [-0.15, -0.1) is 13.2 Å². The molecule has 1 atom stereocenters. The highest BCUT2D eigenvalue weighted by Crippen LogP contribution is 2.27. The molecule has 0 radical (unpaired) electrons. The largest absolute Gasteiger partial charge is 0.298 e. The van der Waals surface area contributed by atoms with E-state index in [1.54, 1.807) is 0 Å². The van der Waals surface area contributed by atoms with Gasteiger partial charge in [0.25, 0.3) is 0 Å². The third-order valence-corrected chi connectivity index (χ3v) is 5.51. The minimum absolute atomic E-state index is 0.305. The van der Waals surface area contributed by atoms with Crippen molar-refractivity contribution in [1.29, 1.82) is 0 Å². The number of aldehydes is 1. The van der Waals surface area contributed by atoms with Crippen LogP contribution in [-0.2, 0) is 13.0 Å². The predicted molar refractivity (Wildman–Crippen MR) is 107 cm³/mol. The normalized spacial score (nSPS) is 16.6. The molecule has 1 aliphatic rings. The van der Waals surface area contributed by atoms with Crippen LogP contribution in [0.25, 0.3) is 0 Å². The highest BCUT2D eigenvalue weighted by molar-refractivity contribution is 5.77. The maximum absolute atomic E-state index is 11.5. The summed E-state index contributed by atoms with van der Waals surface area (Å²) in [6.07, 6.45) is 14.9. The molecule has 0 saturated heterocycles. The van der Waals surface area contributed by atoms with Crippen LogP contribution >= 0.6 is 0 Å². The Labute approximate surface area is 153 Å². The molecule has 1 aliphatic carbocycles. The molecule has 0 N–H and O–H groups in total. The summed E-state index contributed by atoms with van der Waals surface area (Å²) in [5, 5.41) is 0. The zero-order chi connectivity index (χ0) is 18.1. The van der Waals surface area contributed by atoms with Gasteiger partial charge in [0, 0.05) is 18.2 Å². The molecule has 2 rings (SSSR count). The SMILES string of the molecule is C=CCCC(C=C)N(C)Cc1cc(CC2CCCCC2)ccc1C=O. The van der Waals surface area contributed by atoms with E-state index < -0.39 is 0 Å². The lowest BCUT2D eigenvalue weighted by atomic mass is 9.84. The van der Waals surface area contributed by atoms with Crippen molar-refractivity contribution in [3.63, 3.8) is 0 Å². The van der Waals surface area contributed by atoms with E-state index in [4.69, 9.17) is 0 Å². The van der Waals surface area contributed by atoms with Crippen LogP contribution in [0.2, 0.25) is 0 Å². The molecule has 1 fully saturated rings. The van der Waals surface area contributed by atoms with Gasteiger partial charge < -0.3 is 0 Å². The lowest BCUT2D eigenvalue weighted by molar-refractivity contribution is 0.112. The van der Waals surface area contributed by atoms with Crippen LogP contribution in [-0.4, -0.2) is 24.3 Å². The van der Waals surface area contributed by atoms with Gasteiger partial charge in [-0.1, -0.05) is 62.5 Å². The lowest BCUT2D eigenvalue weighted by Crippen LogP contribution is -2.29. The molecule has 1 saturated carbocycles. The molecule has 1 unspecified atom stereocenters. The summed E-state index contributed by atoms with van der Waals surface area (Å²) in [7, 11) is 2.11. The van der Waals surface area contributed by atoms with Gasteiger partial charge >= 0.3 is 0 Å². The first kappa shape index (κ1) is 19.7. The molecule has 0 bridgehead atoms. The highest BCUT2D eigenvalue weighted by atomic mass is 16.1. The first-order valence-corrected chi connectivity index (χ1v) is 9.68. The van der Waals surface area contributed by atoms with Crippen molar-refractivity contribution in [1.82, 2.24) is 4.90 Å². The van der Waals surface area contributed by atoms with E-state index in [2.05, 4.69) is 37.2 Å². The summed E-state index contributed by atoms with van der Waals surface area (Å²) in [5.74, 6) is 0.815. The molecule has 0 aliphatic heterocycles. The van der Waals surface area contributed by atoms with Crippen LogP contribution < -0.4 is 0 Å². The Hall–Kier alpha value is -1.67. The number of hydrogen-bond acceptors (Lipinski definition) is 2. The third-order valence-electron chi connectivity index (χ3n) is 5.51. The molecule has 1 aromatic rings. The van der Waals surface area contributed by atoms with Gasteiger partial charge in [0.15, 0.2) is 0 Å². The maximum Gasteiger partial charge on any atom is 0.150 e. The van der Waals surface area contributed by atoms with Crippen LogP contribution in [0.1, 0.15) is 66.4 Å². The van der Waals surface area contributed by atoms with E-state index in [-0.39, 0.29) is 0 Å². The van der Waals surface area contributed by atoms with Crippen LogP contribution in [0.3, 0.4) is 0 Å². The summed E-state index contributed by atoms with van der Waals surface area (Å²) in [4.78, 5) is 13.8. The second kappa shape index (κ2) is 10.4. The Morgan fingerprint density at radius 1 is 1.24 bits per heavy atom. The molecule has 0 aromatic heterocycles.